The van der Waals surface area contributed by atoms with Crippen molar-refractivity contribution in [2.45, 2.75) is 6.61 Å². The molecule has 7 heteroatoms. The van der Waals surface area contributed by atoms with E-state index in [0.29, 0.717) is 6.07 Å². The monoisotopic (exact) mass is 221 g/mol. The Labute approximate surface area is 82.6 Å². The highest BCUT2D eigenvalue weighted by atomic mass is 19.3. The first kappa shape index (κ1) is 11.3. The number of alkyl halides is 2. The molecule has 0 aliphatic rings. The second-order valence-electron chi connectivity index (χ2n) is 2.38. The molecule has 1 aromatic rings. The Morgan fingerprint density at radius 2 is 2.20 bits per heavy atom. The molecule has 0 saturated carbocycles. The van der Waals surface area contributed by atoms with Crippen LogP contribution in [0.15, 0.2) is 12.3 Å². The molecule has 4 nitrogen and oxygen atoms in total. The molecule has 82 valence electrons. The highest BCUT2D eigenvalue weighted by Gasteiger charge is 2.14. The number of pyridine rings is 1. The molecule has 0 atom stereocenters. The first-order valence-corrected chi connectivity index (χ1v) is 3.73. The lowest BCUT2D eigenvalue weighted by atomic mass is 10.3. The largest absolute Gasteiger partial charge is 0.465 e. The summed E-state index contributed by atoms with van der Waals surface area (Å²) in [5.74, 6) is -2.83. The number of nitrogens with zero attached hydrogens (tertiary/aromatic N) is 1. The van der Waals surface area contributed by atoms with Gasteiger partial charge in [0.1, 0.15) is 0 Å². The summed E-state index contributed by atoms with van der Waals surface area (Å²) in [5, 5.41) is 0. The number of esters is 1. The van der Waals surface area contributed by atoms with Crippen molar-refractivity contribution >= 4 is 5.97 Å². The van der Waals surface area contributed by atoms with Gasteiger partial charge < -0.3 is 9.47 Å². The molecule has 0 amide bonds. The van der Waals surface area contributed by atoms with Crippen LogP contribution in [0.1, 0.15) is 10.4 Å². The number of carbonyl (C=O) groups is 1. The average molecular weight is 221 g/mol. The summed E-state index contributed by atoms with van der Waals surface area (Å²) in [4.78, 5) is 14.1. The van der Waals surface area contributed by atoms with Gasteiger partial charge in [0, 0.05) is 6.20 Å². The summed E-state index contributed by atoms with van der Waals surface area (Å²) in [5.41, 5.74) is -0.184. The lowest BCUT2D eigenvalue weighted by Gasteiger charge is -2.05. The molecular formula is C8H6F3NO3. The topological polar surface area (TPSA) is 48.4 Å². The van der Waals surface area contributed by atoms with Gasteiger partial charge in [-0.3, -0.25) is 0 Å². The Kier molecular flexibility index (Phi) is 3.48. The average Bonchev–Trinajstić information content (AvgIpc) is 2.19. The van der Waals surface area contributed by atoms with Crippen LogP contribution in [0.4, 0.5) is 13.2 Å². The second-order valence-corrected chi connectivity index (χ2v) is 2.38. The zero-order chi connectivity index (χ0) is 11.4. The van der Waals surface area contributed by atoms with Gasteiger partial charge in [0.25, 0.3) is 5.88 Å². The van der Waals surface area contributed by atoms with Gasteiger partial charge in [-0.1, -0.05) is 0 Å². The number of methoxy groups -OCH3 is 1. The minimum atomic E-state index is -3.17. The minimum absolute atomic E-state index is 0.184. The van der Waals surface area contributed by atoms with Crippen molar-refractivity contribution in [2.24, 2.45) is 0 Å². The number of aromatic nitrogens is 1. The van der Waals surface area contributed by atoms with Gasteiger partial charge in [-0.05, 0) is 6.07 Å². The lowest BCUT2D eigenvalue weighted by molar-refractivity contribution is -0.0553. The zero-order valence-electron chi connectivity index (χ0n) is 7.54. The minimum Gasteiger partial charge on any atom is -0.465 e. The van der Waals surface area contributed by atoms with Crippen LogP contribution in [0.3, 0.4) is 0 Å². The first-order chi connectivity index (χ1) is 7.04. The zero-order valence-corrected chi connectivity index (χ0v) is 7.54. The van der Waals surface area contributed by atoms with E-state index in [4.69, 9.17) is 0 Å². The third-order valence-corrected chi connectivity index (χ3v) is 1.43. The van der Waals surface area contributed by atoms with Crippen molar-refractivity contribution in [1.29, 1.82) is 0 Å². The second kappa shape index (κ2) is 4.63. The molecule has 0 aliphatic heterocycles. The number of hydrogen-bond donors (Lipinski definition) is 0. The maximum absolute atomic E-state index is 13.0. The Hall–Kier alpha value is -1.79. The Morgan fingerprint density at radius 1 is 1.53 bits per heavy atom. The molecule has 1 aromatic heterocycles. The molecule has 0 fully saturated rings. The maximum Gasteiger partial charge on any atom is 0.388 e. The van der Waals surface area contributed by atoms with Crippen LogP contribution in [0, 0.1) is 5.82 Å². The molecule has 1 heterocycles. The summed E-state index contributed by atoms with van der Waals surface area (Å²) >= 11 is 0. The number of ether oxygens (including phenoxy) is 2. The highest BCUT2D eigenvalue weighted by molar-refractivity contribution is 5.88. The third-order valence-electron chi connectivity index (χ3n) is 1.43. The van der Waals surface area contributed by atoms with E-state index in [9.17, 15) is 18.0 Å². The van der Waals surface area contributed by atoms with Gasteiger partial charge in [-0.25, -0.2) is 14.2 Å². The molecule has 1 rings (SSSR count). The van der Waals surface area contributed by atoms with E-state index in [1.807, 2.05) is 0 Å². The number of rotatable bonds is 3. The van der Waals surface area contributed by atoms with Crippen molar-refractivity contribution in [3.8, 4) is 5.88 Å². The van der Waals surface area contributed by atoms with Gasteiger partial charge in [0.05, 0.1) is 12.7 Å². The summed E-state index contributed by atoms with van der Waals surface area (Å²) in [7, 11) is 1.10. The van der Waals surface area contributed by atoms with Crippen LogP contribution >= 0.6 is 0 Å². The van der Waals surface area contributed by atoms with Gasteiger partial charge >= 0.3 is 12.6 Å². The van der Waals surface area contributed by atoms with Gasteiger partial charge in [0.2, 0.25) is 0 Å². The van der Waals surface area contributed by atoms with E-state index < -0.39 is 24.3 Å². The smallest absolute Gasteiger partial charge is 0.388 e. The predicted octanol–water partition coefficient (Wildman–Crippen LogP) is 1.61. The summed E-state index contributed by atoms with van der Waals surface area (Å²) in [6.07, 6.45) is 0.882. The number of halogens is 3. The highest BCUT2D eigenvalue weighted by Crippen LogP contribution is 2.17. The van der Waals surface area contributed by atoms with E-state index >= 15 is 0 Å². The fourth-order valence-electron chi connectivity index (χ4n) is 0.826. The molecule has 15 heavy (non-hydrogen) atoms. The molecule has 0 aromatic carbocycles. The van der Waals surface area contributed by atoms with E-state index in [0.717, 1.165) is 13.3 Å². The van der Waals surface area contributed by atoms with E-state index in [1.54, 1.807) is 0 Å². The standard InChI is InChI=1S/C8H6F3NO3/c1-14-7(13)4-2-5(9)6(12-3-4)15-8(10)11/h2-3,8H,1H3. The lowest BCUT2D eigenvalue weighted by Crippen LogP contribution is -2.08. The van der Waals surface area contributed by atoms with Gasteiger partial charge in [-0.15, -0.1) is 0 Å². The maximum atomic E-state index is 13.0. The molecule has 0 bridgehead atoms. The fraction of sp³-hybridized carbons (Fsp3) is 0.250. The number of carbonyl (C=O) groups excluding carboxylic acids is 1. The summed E-state index contributed by atoms with van der Waals surface area (Å²) in [6, 6.07) is 0.705. The van der Waals surface area contributed by atoms with E-state index in [-0.39, 0.29) is 5.56 Å². The molecule has 0 saturated heterocycles. The van der Waals surface area contributed by atoms with E-state index in [2.05, 4.69) is 14.5 Å². The molecule has 0 spiro atoms. The number of hydrogen-bond acceptors (Lipinski definition) is 4. The van der Waals surface area contributed by atoms with Gasteiger partial charge in [0.15, 0.2) is 5.82 Å². The van der Waals surface area contributed by atoms with Crippen molar-refractivity contribution in [2.75, 3.05) is 7.11 Å². The van der Waals surface area contributed by atoms with E-state index in [1.165, 1.54) is 0 Å². The third kappa shape index (κ3) is 2.83. The molecule has 0 aliphatic carbocycles. The normalized spacial score (nSPS) is 10.2. The van der Waals surface area contributed by atoms with Crippen LogP contribution in [0.2, 0.25) is 0 Å². The summed E-state index contributed by atoms with van der Waals surface area (Å²) < 4.78 is 44.4. The van der Waals surface area contributed by atoms with Gasteiger partial charge in [-0.2, -0.15) is 8.78 Å². The van der Waals surface area contributed by atoms with Crippen LogP contribution < -0.4 is 4.74 Å². The Morgan fingerprint density at radius 3 is 2.67 bits per heavy atom. The van der Waals surface area contributed by atoms with Crippen LogP contribution in [0.5, 0.6) is 5.88 Å². The molecule has 0 unspecified atom stereocenters. The molecule has 0 radical (unpaired) electrons. The van der Waals surface area contributed by atoms with Crippen molar-refractivity contribution in [3.05, 3.63) is 23.6 Å². The summed E-state index contributed by atoms with van der Waals surface area (Å²) in [6.45, 7) is -3.17. The molecular weight excluding hydrogens is 215 g/mol. The SMILES string of the molecule is COC(=O)c1cnc(OC(F)F)c(F)c1. The van der Waals surface area contributed by atoms with Crippen LogP contribution in [-0.4, -0.2) is 24.7 Å². The van der Waals surface area contributed by atoms with Crippen molar-refractivity contribution < 1.29 is 27.4 Å². The Balaban J connectivity index is 2.93. The first-order valence-electron chi connectivity index (χ1n) is 3.73. The molecule has 0 N–H and O–H groups in total. The van der Waals surface area contributed by atoms with Crippen LogP contribution in [0.25, 0.3) is 0 Å². The fourth-order valence-corrected chi connectivity index (χ4v) is 0.826. The van der Waals surface area contributed by atoms with Crippen LogP contribution in [-0.2, 0) is 4.74 Å². The quantitative estimate of drug-likeness (QED) is 0.727. The predicted molar refractivity (Wildman–Crippen MR) is 42.2 cm³/mol. The van der Waals surface area contributed by atoms with Crippen molar-refractivity contribution in [3.63, 3.8) is 0 Å². The Bertz CT molecular complexity index is 370. The van der Waals surface area contributed by atoms with Crippen molar-refractivity contribution in [1.82, 2.24) is 4.98 Å².